The summed E-state index contributed by atoms with van der Waals surface area (Å²) in [6, 6.07) is 6.07. The number of morpholine rings is 1. The van der Waals surface area contributed by atoms with E-state index in [0.29, 0.717) is 13.2 Å². The van der Waals surface area contributed by atoms with E-state index in [1.165, 1.54) is 0 Å². The second-order valence-corrected chi connectivity index (χ2v) is 5.30. The van der Waals surface area contributed by atoms with Gasteiger partial charge < -0.3 is 14.2 Å². The van der Waals surface area contributed by atoms with E-state index < -0.39 is 0 Å². The molecule has 22 heavy (non-hydrogen) atoms. The van der Waals surface area contributed by atoms with E-state index >= 15 is 0 Å². The Morgan fingerprint density at radius 2 is 2.00 bits per heavy atom. The quantitative estimate of drug-likeness (QED) is 0.690. The normalized spacial score (nSPS) is 16.1. The van der Waals surface area contributed by atoms with E-state index in [-0.39, 0.29) is 0 Å². The van der Waals surface area contributed by atoms with Gasteiger partial charge in [-0.1, -0.05) is 18.2 Å². The molecule has 0 aliphatic carbocycles. The molecule has 0 atom stereocenters. The highest BCUT2D eigenvalue weighted by atomic mass is 16.5. The van der Waals surface area contributed by atoms with Crippen LogP contribution < -0.4 is 9.47 Å². The van der Waals surface area contributed by atoms with Crippen molar-refractivity contribution in [3.8, 4) is 11.5 Å². The third-order valence-corrected chi connectivity index (χ3v) is 3.61. The number of benzene rings is 1. The van der Waals surface area contributed by atoms with Crippen molar-refractivity contribution >= 4 is 6.08 Å². The molecule has 0 N–H and O–H groups in total. The summed E-state index contributed by atoms with van der Waals surface area (Å²) in [4.78, 5) is 2.42. The summed E-state index contributed by atoms with van der Waals surface area (Å²) in [5, 5.41) is 0. The second kappa shape index (κ2) is 9.49. The van der Waals surface area contributed by atoms with Gasteiger partial charge in [0.25, 0.3) is 0 Å². The molecule has 0 saturated carbocycles. The van der Waals surface area contributed by atoms with Crippen molar-refractivity contribution in [2.24, 2.45) is 0 Å². The zero-order chi connectivity index (χ0) is 15.6. The lowest BCUT2D eigenvalue weighted by molar-refractivity contribution is 0.0357. The van der Waals surface area contributed by atoms with Gasteiger partial charge >= 0.3 is 0 Å². The first kappa shape index (κ1) is 16.8. The molecule has 0 unspecified atom stereocenters. The van der Waals surface area contributed by atoms with Crippen LogP contribution in [0.15, 0.2) is 24.3 Å². The van der Waals surface area contributed by atoms with Crippen LogP contribution in [-0.2, 0) is 4.74 Å². The van der Waals surface area contributed by atoms with Crippen LogP contribution >= 0.6 is 0 Å². The minimum absolute atomic E-state index is 0.646. The molecule has 0 spiro atoms. The molecule has 4 nitrogen and oxygen atoms in total. The summed E-state index contributed by atoms with van der Waals surface area (Å²) < 4.78 is 17.0. The van der Waals surface area contributed by atoms with Gasteiger partial charge in [0, 0.05) is 19.6 Å². The third kappa shape index (κ3) is 5.35. The van der Waals surface area contributed by atoms with E-state index in [1.807, 2.05) is 38.1 Å². The molecule has 1 fully saturated rings. The maximum absolute atomic E-state index is 5.95. The van der Waals surface area contributed by atoms with Crippen molar-refractivity contribution in [2.75, 3.05) is 46.1 Å². The summed E-state index contributed by atoms with van der Waals surface area (Å²) in [6.07, 6.45) is 5.10. The van der Waals surface area contributed by atoms with E-state index in [1.54, 1.807) is 0 Å². The number of hydrogen-bond acceptors (Lipinski definition) is 4. The monoisotopic (exact) mass is 305 g/mol. The highest BCUT2D eigenvalue weighted by Crippen LogP contribution is 2.29. The Kier molecular flexibility index (Phi) is 7.26. The maximum atomic E-state index is 5.95. The predicted molar refractivity (Wildman–Crippen MR) is 89.7 cm³/mol. The van der Waals surface area contributed by atoms with Gasteiger partial charge in [0.15, 0.2) is 11.5 Å². The van der Waals surface area contributed by atoms with E-state index in [4.69, 9.17) is 14.2 Å². The largest absolute Gasteiger partial charge is 0.490 e. The van der Waals surface area contributed by atoms with Crippen LogP contribution in [-0.4, -0.2) is 51.0 Å². The smallest absolute Gasteiger partial charge is 0.161 e. The maximum Gasteiger partial charge on any atom is 0.161 e. The number of nitrogens with zero attached hydrogens (tertiary/aromatic N) is 1. The van der Waals surface area contributed by atoms with E-state index in [2.05, 4.69) is 11.0 Å². The molecule has 0 bridgehead atoms. The van der Waals surface area contributed by atoms with Gasteiger partial charge in [-0.05, 0) is 38.0 Å². The van der Waals surface area contributed by atoms with Gasteiger partial charge in [0.05, 0.1) is 26.4 Å². The summed E-state index contributed by atoms with van der Waals surface area (Å²) in [5.74, 6) is 1.65. The van der Waals surface area contributed by atoms with Crippen molar-refractivity contribution in [3.63, 3.8) is 0 Å². The summed E-state index contributed by atoms with van der Waals surface area (Å²) in [5.41, 5.74) is 1.13. The standard InChI is InChI=1S/C18H27NO3/c1-3-6-16-7-8-17(21-4-2)18(15-16)22-12-5-9-19-10-13-20-14-11-19/h3,6-8,15H,4-5,9-14H2,1-2H3/b6-3-. The van der Waals surface area contributed by atoms with Crippen LogP contribution in [0.2, 0.25) is 0 Å². The van der Waals surface area contributed by atoms with Gasteiger partial charge in [-0.3, -0.25) is 4.90 Å². The molecule has 1 heterocycles. The van der Waals surface area contributed by atoms with Gasteiger partial charge in [0.1, 0.15) is 0 Å². The number of hydrogen-bond donors (Lipinski definition) is 0. The Labute approximate surface area is 133 Å². The lowest BCUT2D eigenvalue weighted by Gasteiger charge is -2.26. The zero-order valence-electron chi connectivity index (χ0n) is 13.7. The Hall–Kier alpha value is -1.52. The highest BCUT2D eigenvalue weighted by molar-refractivity contribution is 5.55. The zero-order valence-corrected chi connectivity index (χ0v) is 13.7. The van der Waals surface area contributed by atoms with Crippen LogP contribution in [0, 0.1) is 0 Å². The van der Waals surface area contributed by atoms with Gasteiger partial charge in [-0.2, -0.15) is 0 Å². The minimum Gasteiger partial charge on any atom is -0.490 e. The fourth-order valence-corrected chi connectivity index (χ4v) is 2.50. The third-order valence-electron chi connectivity index (χ3n) is 3.61. The fraction of sp³-hybridized carbons (Fsp3) is 0.556. The summed E-state index contributed by atoms with van der Waals surface area (Å²) in [7, 11) is 0. The Balaban J connectivity index is 1.85. The second-order valence-electron chi connectivity index (χ2n) is 5.30. The van der Waals surface area contributed by atoms with Gasteiger partial charge in [-0.15, -0.1) is 0 Å². The first-order valence-electron chi connectivity index (χ1n) is 8.16. The van der Waals surface area contributed by atoms with Crippen molar-refractivity contribution < 1.29 is 14.2 Å². The lowest BCUT2D eigenvalue weighted by Crippen LogP contribution is -2.37. The molecule has 1 saturated heterocycles. The Bertz CT molecular complexity index is 467. The average molecular weight is 305 g/mol. The number of rotatable bonds is 8. The minimum atomic E-state index is 0.646. The molecular formula is C18H27NO3. The van der Waals surface area contributed by atoms with E-state index in [9.17, 15) is 0 Å². The van der Waals surface area contributed by atoms with Gasteiger partial charge in [0.2, 0.25) is 0 Å². The molecule has 1 aromatic carbocycles. The van der Waals surface area contributed by atoms with Crippen LogP contribution in [0.25, 0.3) is 6.08 Å². The molecule has 0 radical (unpaired) electrons. The molecule has 2 rings (SSSR count). The molecule has 0 aromatic heterocycles. The highest BCUT2D eigenvalue weighted by Gasteiger charge is 2.10. The number of ether oxygens (including phenoxy) is 3. The molecular weight excluding hydrogens is 278 g/mol. The van der Waals surface area contributed by atoms with Crippen molar-refractivity contribution in [1.29, 1.82) is 0 Å². The molecule has 122 valence electrons. The Morgan fingerprint density at radius 3 is 2.73 bits per heavy atom. The van der Waals surface area contributed by atoms with E-state index in [0.717, 1.165) is 56.3 Å². The van der Waals surface area contributed by atoms with Crippen molar-refractivity contribution in [3.05, 3.63) is 29.8 Å². The van der Waals surface area contributed by atoms with Crippen molar-refractivity contribution in [1.82, 2.24) is 4.90 Å². The molecule has 4 heteroatoms. The van der Waals surface area contributed by atoms with Crippen LogP contribution in [0.4, 0.5) is 0 Å². The first-order valence-corrected chi connectivity index (χ1v) is 8.16. The SMILES string of the molecule is C/C=C\c1ccc(OCC)c(OCCCN2CCOCC2)c1. The lowest BCUT2D eigenvalue weighted by atomic mass is 10.2. The summed E-state index contributed by atoms with van der Waals surface area (Å²) in [6.45, 7) is 10.2. The fourth-order valence-electron chi connectivity index (χ4n) is 2.50. The number of allylic oxidation sites excluding steroid dienone is 1. The van der Waals surface area contributed by atoms with Gasteiger partial charge in [-0.25, -0.2) is 0 Å². The van der Waals surface area contributed by atoms with Crippen LogP contribution in [0.3, 0.4) is 0 Å². The predicted octanol–water partition coefficient (Wildman–Crippen LogP) is 3.22. The summed E-state index contributed by atoms with van der Waals surface area (Å²) >= 11 is 0. The first-order chi connectivity index (χ1) is 10.8. The molecule has 1 aliphatic heterocycles. The van der Waals surface area contributed by atoms with Crippen LogP contribution in [0.5, 0.6) is 11.5 Å². The van der Waals surface area contributed by atoms with Crippen LogP contribution in [0.1, 0.15) is 25.8 Å². The average Bonchev–Trinajstić information content (AvgIpc) is 2.55. The molecule has 1 aliphatic rings. The topological polar surface area (TPSA) is 30.9 Å². The molecule has 0 amide bonds. The Morgan fingerprint density at radius 1 is 1.18 bits per heavy atom. The molecule has 1 aromatic rings. The van der Waals surface area contributed by atoms with Crippen molar-refractivity contribution in [2.45, 2.75) is 20.3 Å².